The molecule has 1 atom stereocenters. The van der Waals surface area contributed by atoms with E-state index in [4.69, 9.17) is 27.9 Å². The molecule has 4 nitrogen and oxygen atoms in total. The summed E-state index contributed by atoms with van der Waals surface area (Å²) < 4.78 is 5.39. The fourth-order valence-electron chi connectivity index (χ4n) is 3.19. The van der Waals surface area contributed by atoms with Gasteiger partial charge in [-0.15, -0.1) is 12.4 Å². The summed E-state index contributed by atoms with van der Waals surface area (Å²) >= 11 is 12.1. The molecule has 0 bridgehead atoms. The highest BCUT2D eigenvalue weighted by Gasteiger charge is 2.32. The van der Waals surface area contributed by atoms with E-state index in [0.29, 0.717) is 29.6 Å². The zero-order chi connectivity index (χ0) is 17.6. The van der Waals surface area contributed by atoms with E-state index >= 15 is 0 Å². The van der Waals surface area contributed by atoms with E-state index in [9.17, 15) is 4.79 Å². The minimum atomic E-state index is -0.148. The monoisotopic (exact) mass is 408 g/mol. The quantitative estimate of drug-likeness (QED) is 0.721. The first-order valence-corrected chi connectivity index (χ1v) is 9.13. The highest BCUT2D eigenvalue weighted by Crippen LogP contribution is 2.28. The van der Waals surface area contributed by atoms with E-state index in [0.717, 1.165) is 31.5 Å². The second-order valence-electron chi connectivity index (χ2n) is 6.74. The number of nitrogens with one attached hydrogen (secondary N) is 2. The van der Waals surface area contributed by atoms with E-state index in [1.807, 2.05) is 13.0 Å². The third-order valence-corrected chi connectivity index (χ3v) is 5.33. The van der Waals surface area contributed by atoms with Crippen LogP contribution in [0.15, 0.2) is 18.2 Å². The van der Waals surface area contributed by atoms with Crippen molar-refractivity contribution < 1.29 is 9.53 Å². The molecular formula is C18H27Cl3N2O2. The molecule has 0 saturated carbocycles. The molecule has 2 rings (SSSR count). The Morgan fingerprint density at radius 2 is 2.04 bits per heavy atom. The number of rotatable bonds is 7. The van der Waals surface area contributed by atoms with E-state index < -0.39 is 0 Å². The van der Waals surface area contributed by atoms with Crippen molar-refractivity contribution in [2.45, 2.75) is 26.2 Å². The molecule has 1 saturated heterocycles. The number of halogens is 3. The average Bonchev–Trinajstić information content (AvgIpc) is 2.56. The molecule has 1 fully saturated rings. The van der Waals surface area contributed by atoms with E-state index in [1.54, 1.807) is 19.2 Å². The van der Waals surface area contributed by atoms with Gasteiger partial charge >= 0.3 is 0 Å². The standard InChI is InChI=1S/C18H26Cl2N2O2.ClH/c1-13(9-14-3-4-15(19)10-16(14)20)17(23)22-11-18(12-24-2)5-7-21-8-6-18;/h3-4,10,13,21H,5-9,11-12H2,1-2H3,(H,22,23);1H. The highest BCUT2D eigenvalue weighted by molar-refractivity contribution is 6.35. The van der Waals surface area contributed by atoms with Gasteiger partial charge in [-0.1, -0.05) is 36.2 Å². The Hall–Kier alpha value is -0.520. The number of piperidine rings is 1. The van der Waals surface area contributed by atoms with Crippen LogP contribution in [0.5, 0.6) is 0 Å². The Morgan fingerprint density at radius 1 is 1.36 bits per heavy atom. The van der Waals surface area contributed by atoms with Crippen LogP contribution >= 0.6 is 35.6 Å². The molecule has 1 aromatic rings. The molecule has 0 radical (unpaired) electrons. The van der Waals surface area contributed by atoms with Crippen LogP contribution in [0.25, 0.3) is 0 Å². The number of ether oxygens (including phenoxy) is 1. The van der Waals surface area contributed by atoms with Gasteiger partial charge in [-0.05, 0) is 50.0 Å². The maximum atomic E-state index is 12.5. The van der Waals surface area contributed by atoms with Crippen LogP contribution in [0.3, 0.4) is 0 Å². The lowest BCUT2D eigenvalue weighted by Gasteiger charge is -2.37. The van der Waals surface area contributed by atoms with Gasteiger partial charge in [0.25, 0.3) is 0 Å². The summed E-state index contributed by atoms with van der Waals surface area (Å²) in [6.45, 7) is 5.18. The van der Waals surface area contributed by atoms with Crippen molar-refractivity contribution in [2.75, 3.05) is 33.4 Å². The second-order valence-corrected chi connectivity index (χ2v) is 7.59. The molecular weight excluding hydrogens is 383 g/mol. The van der Waals surface area contributed by atoms with Gasteiger partial charge < -0.3 is 15.4 Å². The molecule has 142 valence electrons. The van der Waals surface area contributed by atoms with Crippen LogP contribution in [-0.4, -0.2) is 39.3 Å². The maximum absolute atomic E-state index is 12.5. The molecule has 1 amide bonds. The van der Waals surface area contributed by atoms with Crippen molar-refractivity contribution in [1.29, 1.82) is 0 Å². The first-order valence-electron chi connectivity index (χ1n) is 8.37. The molecule has 1 aliphatic rings. The zero-order valence-corrected chi connectivity index (χ0v) is 17.1. The van der Waals surface area contributed by atoms with Gasteiger partial charge in [-0.3, -0.25) is 4.79 Å². The predicted octanol–water partition coefficient (Wildman–Crippen LogP) is 3.73. The average molecular weight is 410 g/mol. The Bertz CT molecular complexity index is 558. The summed E-state index contributed by atoms with van der Waals surface area (Å²) in [6, 6.07) is 5.40. The van der Waals surface area contributed by atoms with Gasteiger partial charge in [0.1, 0.15) is 0 Å². The van der Waals surface area contributed by atoms with Crippen LogP contribution in [0.1, 0.15) is 25.3 Å². The Labute approximate surface area is 166 Å². The van der Waals surface area contributed by atoms with Crippen molar-refractivity contribution in [2.24, 2.45) is 11.3 Å². The van der Waals surface area contributed by atoms with Crippen LogP contribution in [0.2, 0.25) is 10.0 Å². The number of carbonyl (C=O) groups excluding carboxylic acids is 1. The largest absolute Gasteiger partial charge is 0.384 e. The number of hydrogen-bond acceptors (Lipinski definition) is 3. The smallest absolute Gasteiger partial charge is 0.223 e. The van der Waals surface area contributed by atoms with Gasteiger partial charge in [0, 0.05) is 35.0 Å². The number of hydrogen-bond donors (Lipinski definition) is 2. The van der Waals surface area contributed by atoms with Gasteiger partial charge in [0.2, 0.25) is 5.91 Å². The SMILES string of the molecule is COCC1(CNC(=O)C(C)Cc2ccc(Cl)cc2Cl)CCNCC1.Cl. The summed E-state index contributed by atoms with van der Waals surface area (Å²) in [5.41, 5.74) is 0.977. The third-order valence-electron chi connectivity index (χ3n) is 4.74. The Kier molecular flexibility index (Phi) is 9.54. The summed E-state index contributed by atoms with van der Waals surface area (Å²) in [5, 5.41) is 7.68. The lowest BCUT2D eigenvalue weighted by Crippen LogP contribution is -2.48. The molecule has 0 spiro atoms. The third kappa shape index (κ3) is 6.61. The Balaban J connectivity index is 0.00000312. The molecule has 1 heterocycles. The number of carbonyl (C=O) groups is 1. The number of benzene rings is 1. The van der Waals surface area contributed by atoms with Gasteiger partial charge in [0.05, 0.1) is 6.61 Å². The molecule has 7 heteroatoms. The van der Waals surface area contributed by atoms with Crippen molar-refractivity contribution in [3.8, 4) is 0 Å². The van der Waals surface area contributed by atoms with Crippen molar-refractivity contribution in [3.05, 3.63) is 33.8 Å². The lowest BCUT2D eigenvalue weighted by molar-refractivity contribution is -0.125. The minimum Gasteiger partial charge on any atom is -0.384 e. The number of methoxy groups -OCH3 is 1. The second kappa shape index (κ2) is 10.6. The van der Waals surface area contributed by atoms with E-state index in [1.165, 1.54) is 0 Å². The first-order chi connectivity index (χ1) is 11.5. The summed E-state index contributed by atoms with van der Waals surface area (Å²) in [6.07, 6.45) is 2.62. The molecule has 25 heavy (non-hydrogen) atoms. The van der Waals surface area contributed by atoms with Crippen LogP contribution in [0, 0.1) is 11.3 Å². The highest BCUT2D eigenvalue weighted by atomic mass is 35.5. The summed E-state index contributed by atoms with van der Waals surface area (Å²) in [4.78, 5) is 12.5. The lowest BCUT2D eigenvalue weighted by atomic mass is 9.79. The summed E-state index contributed by atoms with van der Waals surface area (Å²) in [7, 11) is 1.72. The minimum absolute atomic E-state index is 0. The fourth-order valence-corrected chi connectivity index (χ4v) is 3.68. The fraction of sp³-hybridized carbons (Fsp3) is 0.611. The number of amides is 1. The molecule has 1 aliphatic heterocycles. The van der Waals surface area contributed by atoms with Gasteiger partial charge in [0.15, 0.2) is 0 Å². The predicted molar refractivity (Wildman–Crippen MR) is 106 cm³/mol. The maximum Gasteiger partial charge on any atom is 0.223 e. The molecule has 1 aromatic carbocycles. The van der Waals surface area contributed by atoms with Crippen LogP contribution in [-0.2, 0) is 16.0 Å². The first kappa shape index (κ1) is 22.5. The van der Waals surface area contributed by atoms with Crippen LogP contribution in [0.4, 0.5) is 0 Å². The van der Waals surface area contributed by atoms with E-state index in [-0.39, 0.29) is 29.6 Å². The molecule has 0 aliphatic carbocycles. The van der Waals surface area contributed by atoms with E-state index in [2.05, 4.69) is 10.6 Å². The van der Waals surface area contributed by atoms with Crippen molar-refractivity contribution >= 4 is 41.5 Å². The Morgan fingerprint density at radius 3 is 2.64 bits per heavy atom. The molecule has 0 aromatic heterocycles. The van der Waals surface area contributed by atoms with Crippen molar-refractivity contribution in [1.82, 2.24) is 10.6 Å². The van der Waals surface area contributed by atoms with Gasteiger partial charge in [-0.25, -0.2) is 0 Å². The van der Waals surface area contributed by atoms with Gasteiger partial charge in [-0.2, -0.15) is 0 Å². The molecule has 1 unspecified atom stereocenters. The normalized spacial score (nSPS) is 17.4. The zero-order valence-electron chi connectivity index (χ0n) is 14.7. The van der Waals surface area contributed by atoms with Crippen LogP contribution < -0.4 is 10.6 Å². The topological polar surface area (TPSA) is 50.4 Å². The summed E-state index contributed by atoms with van der Waals surface area (Å²) in [5.74, 6) is -0.0972. The molecule has 2 N–H and O–H groups in total. The van der Waals surface area contributed by atoms with Crippen molar-refractivity contribution in [3.63, 3.8) is 0 Å².